The van der Waals surface area contributed by atoms with Crippen LogP contribution in [0.4, 0.5) is 0 Å². The van der Waals surface area contributed by atoms with Crippen molar-refractivity contribution in [1.82, 2.24) is 4.68 Å². The van der Waals surface area contributed by atoms with Crippen LogP contribution in [0.1, 0.15) is 12.5 Å². The van der Waals surface area contributed by atoms with Crippen molar-refractivity contribution in [2.24, 2.45) is 10.1 Å². The molecule has 152 valence electrons. The molecular weight excluding hydrogens is 454 g/mol. The Morgan fingerprint density at radius 2 is 1.72 bits per heavy atom. The fourth-order valence-electron chi connectivity index (χ4n) is 2.82. The second-order valence-electron chi connectivity index (χ2n) is 5.86. The Hall–Kier alpha value is -2.58. The van der Waals surface area contributed by atoms with Gasteiger partial charge in [-0.15, -0.1) is 11.3 Å². The molecule has 0 radical (unpaired) electrons. The number of hydrogen-bond acceptors (Lipinski definition) is 6. The van der Waals surface area contributed by atoms with Gasteiger partial charge in [0.25, 0.3) is 0 Å². The average Bonchev–Trinajstić information content (AvgIpc) is 3.14. The van der Waals surface area contributed by atoms with Gasteiger partial charge in [0.15, 0.2) is 11.5 Å². The molecule has 1 aromatic heterocycles. The van der Waals surface area contributed by atoms with Gasteiger partial charge in [-0.2, -0.15) is 5.10 Å². The lowest BCUT2D eigenvalue weighted by molar-refractivity contribution is 0.324. The number of aromatic nitrogens is 1. The summed E-state index contributed by atoms with van der Waals surface area (Å²) in [4.78, 5) is 5.39. The lowest BCUT2D eigenvalue weighted by Crippen LogP contribution is -2.12. The minimum atomic E-state index is 0.529. The first-order chi connectivity index (χ1) is 14.1. The van der Waals surface area contributed by atoms with E-state index in [2.05, 4.69) is 26.3 Å². The van der Waals surface area contributed by atoms with Gasteiger partial charge >= 0.3 is 0 Å². The molecule has 0 amide bonds. The summed E-state index contributed by atoms with van der Waals surface area (Å²) >= 11 is 5.03. The van der Waals surface area contributed by atoms with E-state index in [1.165, 1.54) is 0 Å². The summed E-state index contributed by atoms with van der Waals surface area (Å²) in [5.74, 6) is 1.69. The molecule has 3 aromatic rings. The Balaban J connectivity index is 2.10. The standard InChI is InChI=1S/C21H22BrN3O3S/c1-5-23-21-25(17(13-29-21)14-6-9-16(22)10-7-14)24-12-15-8-11-18(26-2)20(28-4)19(15)27-3/h6-13H,5H2,1-4H3. The number of halogens is 1. The van der Waals surface area contributed by atoms with Crippen LogP contribution in [0.3, 0.4) is 0 Å². The summed E-state index contributed by atoms with van der Waals surface area (Å²) in [7, 11) is 4.77. The molecule has 2 aromatic carbocycles. The van der Waals surface area contributed by atoms with E-state index in [0.717, 1.165) is 26.1 Å². The summed E-state index contributed by atoms with van der Waals surface area (Å²) in [5.41, 5.74) is 2.79. The molecule has 3 rings (SSSR count). The van der Waals surface area contributed by atoms with Crippen LogP contribution in [0, 0.1) is 0 Å². The van der Waals surface area contributed by atoms with Crippen LogP contribution in [-0.4, -0.2) is 38.8 Å². The van der Waals surface area contributed by atoms with E-state index in [1.807, 2.05) is 48.0 Å². The van der Waals surface area contributed by atoms with Crippen LogP contribution in [0.25, 0.3) is 11.3 Å². The van der Waals surface area contributed by atoms with Crippen molar-refractivity contribution in [3.05, 3.63) is 56.6 Å². The second kappa shape index (κ2) is 9.76. The minimum Gasteiger partial charge on any atom is -0.493 e. The van der Waals surface area contributed by atoms with Gasteiger partial charge in [0.05, 0.1) is 33.2 Å². The van der Waals surface area contributed by atoms with Crippen LogP contribution in [0.2, 0.25) is 0 Å². The largest absolute Gasteiger partial charge is 0.493 e. The molecule has 0 aliphatic rings. The Morgan fingerprint density at radius 3 is 2.34 bits per heavy atom. The molecule has 0 bridgehead atoms. The van der Waals surface area contributed by atoms with Crippen LogP contribution in [0.5, 0.6) is 17.2 Å². The van der Waals surface area contributed by atoms with Crippen molar-refractivity contribution in [2.45, 2.75) is 6.92 Å². The molecule has 0 spiro atoms. The maximum atomic E-state index is 5.55. The molecule has 8 heteroatoms. The number of ether oxygens (including phenoxy) is 3. The highest BCUT2D eigenvalue weighted by Crippen LogP contribution is 2.39. The van der Waals surface area contributed by atoms with E-state index in [9.17, 15) is 0 Å². The van der Waals surface area contributed by atoms with E-state index in [-0.39, 0.29) is 0 Å². The number of hydrogen-bond donors (Lipinski definition) is 0. The van der Waals surface area contributed by atoms with Crippen molar-refractivity contribution in [1.29, 1.82) is 0 Å². The highest BCUT2D eigenvalue weighted by molar-refractivity contribution is 9.10. The molecule has 1 heterocycles. The fourth-order valence-corrected chi connectivity index (χ4v) is 3.99. The maximum absolute atomic E-state index is 5.55. The molecule has 29 heavy (non-hydrogen) atoms. The van der Waals surface area contributed by atoms with Crippen LogP contribution in [-0.2, 0) is 0 Å². The van der Waals surface area contributed by atoms with E-state index in [0.29, 0.717) is 23.8 Å². The first-order valence-electron chi connectivity index (χ1n) is 8.93. The van der Waals surface area contributed by atoms with E-state index in [1.54, 1.807) is 38.9 Å². The quantitative estimate of drug-likeness (QED) is 0.460. The number of thiazole rings is 1. The number of benzene rings is 2. The van der Waals surface area contributed by atoms with Gasteiger partial charge in [-0.1, -0.05) is 28.1 Å². The zero-order valence-electron chi connectivity index (χ0n) is 16.7. The third kappa shape index (κ3) is 4.54. The Morgan fingerprint density at radius 1 is 1.00 bits per heavy atom. The third-order valence-corrected chi connectivity index (χ3v) is 5.55. The van der Waals surface area contributed by atoms with E-state index < -0.39 is 0 Å². The maximum Gasteiger partial charge on any atom is 0.206 e. The van der Waals surface area contributed by atoms with Gasteiger partial charge in [-0.25, -0.2) is 4.68 Å². The van der Waals surface area contributed by atoms with Gasteiger partial charge in [0.2, 0.25) is 10.6 Å². The Labute approximate surface area is 182 Å². The van der Waals surface area contributed by atoms with E-state index >= 15 is 0 Å². The van der Waals surface area contributed by atoms with Gasteiger partial charge in [-0.05, 0) is 31.2 Å². The molecule has 0 saturated heterocycles. The van der Waals surface area contributed by atoms with Crippen molar-refractivity contribution in [3.63, 3.8) is 0 Å². The molecule has 6 nitrogen and oxygen atoms in total. The topological polar surface area (TPSA) is 57.3 Å². The monoisotopic (exact) mass is 475 g/mol. The molecule has 0 fully saturated rings. The predicted molar refractivity (Wildman–Crippen MR) is 121 cm³/mol. The number of nitrogens with zero attached hydrogens (tertiary/aromatic N) is 3. The molecule has 0 N–H and O–H groups in total. The summed E-state index contributed by atoms with van der Waals surface area (Å²) in [5, 5.41) is 6.77. The molecule has 0 aliphatic heterocycles. The zero-order valence-corrected chi connectivity index (χ0v) is 19.1. The lowest BCUT2D eigenvalue weighted by Gasteiger charge is -2.13. The summed E-state index contributed by atoms with van der Waals surface area (Å²) < 4.78 is 19.2. The lowest BCUT2D eigenvalue weighted by atomic mass is 10.2. The molecule has 0 unspecified atom stereocenters. The highest BCUT2D eigenvalue weighted by atomic mass is 79.9. The molecular formula is C21H22BrN3O3S. The smallest absolute Gasteiger partial charge is 0.206 e. The van der Waals surface area contributed by atoms with Gasteiger partial charge in [-0.3, -0.25) is 4.99 Å². The summed E-state index contributed by atoms with van der Waals surface area (Å²) in [6.07, 6.45) is 1.74. The first kappa shape index (κ1) is 21.1. The van der Waals surface area contributed by atoms with Gasteiger partial charge in [0.1, 0.15) is 0 Å². The summed E-state index contributed by atoms with van der Waals surface area (Å²) in [6.45, 7) is 2.68. The number of methoxy groups -OCH3 is 3. The normalized spacial score (nSPS) is 11.8. The second-order valence-corrected chi connectivity index (χ2v) is 7.62. The van der Waals surface area contributed by atoms with Crippen LogP contribution < -0.4 is 19.0 Å². The SMILES string of the molecule is CCN=c1scc(-c2ccc(Br)cc2)n1N=Cc1ccc(OC)c(OC)c1OC. The van der Waals surface area contributed by atoms with Crippen molar-refractivity contribution in [3.8, 4) is 28.5 Å². The Bertz CT molecular complexity index is 1070. The molecule has 0 saturated carbocycles. The average molecular weight is 476 g/mol. The van der Waals surface area contributed by atoms with Crippen molar-refractivity contribution in [2.75, 3.05) is 27.9 Å². The zero-order chi connectivity index (χ0) is 20.8. The van der Waals surface area contributed by atoms with Crippen LogP contribution >= 0.6 is 27.3 Å². The van der Waals surface area contributed by atoms with E-state index in [4.69, 9.17) is 19.3 Å². The molecule has 0 atom stereocenters. The first-order valence-corrected chi connectivity index (χ1v) is 10.6. The van der Waals surface area contributed by atoms with Gasteiger partial charge < -0.3 is 14.2 Å². The van der Waals surface area contributed by atoms with Crippen molar-refractivity contribution >= 4 is 33.5 Å². The summed E-state index contributed by atoms with van der Waals surface area (Å²) in [6, 6.07) is 11.8. The fraction of sp³-hybridized carbons (Fsp3) is 0.238. The van der Waals surface area contributed by atoms with Crippen LogP contribution in [0.15, 0.2) is 56.3 Å². The third-order valence-electron chi connectivity index (χ3n) is 4.17. The van der Waals surface area contributed by atoms with Crippen molar-refractivity contribution < 1.29 is 14.2 Å². The predicted octanol–water partition coefficient (Wildman–Crippen LogP) is 4.81. The molecule has 0 aliphatic carbocycles. The Kier molecular flexibility index (Phi) is 7.11. The minimum absolute atomic E-state index is 0.529. The van der Waals surface area contributed by atoms with Gasteiger partial charge in [0, 0.05) is 27.5 Å². The highest BCUT2D eigenvalue weighted by Gasteiger charge is 2.15. The number of rotatable bonds is 7.